The smallest absolute Gasteiger partial charge is 0.00741 e. The van der Waals surface area contributed by atoms with E-state index in [4.69, 9.17) is 5.73 Å². The quantitative estimate of drug-likeness (QED) is 0.843. The molecule has 0 aromatic heterocycles. The second kappa shape index (κ2) is 6.14. The highest BCUT2D eigenvalue weighted by Gasteiger charge is 2.12. The number of hydrogen-bond acceptors (Lipinski definition) is 1. The van der Waals surface area contributed by atoms with Crippen molar-refractivity contribution in [1.29, 1.82) is 0 Å². The molecule has 1 aromatic rings. The van der Waals surface area contributed by atoms with Crippen LogP contribution in [0.5, 0.6) is 0 Å². The fourth-order valence-corrected chi connectivity index (χ4v) is 1.48. The Balaban J connectivity index is 0.00000196. The van der Waals surface area contributed by atoms with E-state index in [2.05, 4.69) is 45.0 Å². The van der Waals surface area contributed by atoms with Gasteiger partial charge in [0.25, 0.3) is 0 Å². The maximum absolute atomic E-state index is 5.48. The van der Waals surface area contributed by atoms with Gasteiger partial charge in [0.05, 0.1) is 0 Å². The maximum Gasteiger partial charge on any atom is -0.00741 e. The van der Waals surface area contributed by atoms with Crippen molar-refractivity contribution >= 4 is 12.4 Å². The number of rotatable bonds is 3. The molecule has 0 aliphatic carbocycles. The van der Waals surface area contributed by atoms with Crippen LogP contribution < -0.4 is 5.73 Å². The molecule has 0 aliphatic heterocycles. The van der Waals surface area contributed by atoms with Crippen LogP contribution in [0.25, 0.3) is 0 Å². The van der Waals surface area contributed by atoms with Gasteiger partial charge in [-0.15, -0.1) is 12.4 Å². The molecular formula is C13H22ClN. The third-order valence-electron chi connectivity index (χ3n) is 2.49. The van der Waals surface area contributed by atoms with E-state index in [1.165, 1.54) is 11.1 Å². The van der Waals surface area contributed by atoms with Crippen molar-refractivity contribution in [3.63, 3.8) is 0 Å². The zero-order chi connectivity index (χ0) is 10.6. The van der Waals surface area contributed by atoms with E-state index in [1.807, 2.05) is 0 Å². The molecule has 1 aromatic carbocycles. The minimum absolute atomic E-state index is 0. The summed E-state index contributed by atoms with van der Waals surface area (Å²) in [6.07, 6.45) is 2.18. The Kier molecular flexibility index (Phi) is 5.92. The Labute approximate surface area is 99.5 Å². The van der Waals surface area contributed by atoms with Crippen LogP contribution in [-0.2, 0) is 11.8 Å². The van der Waals surface area contributed by atoms with Crippen LogP contribution >= 0.6 is 12.4 Å². The summed E-state index contributed by atoms with van der Waals surface area (Å²) in [6, 6.07) is 8.89. The minimum Gasteiger partial charge on any atom is -0.330 e. The molecule has 2 N–H and O–H groups in total. The predicted molar refractivity (Wildman–Crippen MR) is 69.8 cm³/mol. The number of halogens is 1. The highest BCUT2D eigenvalue weighted by molar-refractivity contribution is 5.85. The summed E-state index contributed by atoms with van der Waals surface area (Å²) in [5.74, 6) is 0. The third-order valence-corrected chi connectivity index (χ3v) is 2.49. The molecule has 1 rings (SSSR count). The normalized spacial score (nSPS) is 10.9. The molecule has 15 heavy (non-hydrogen) atoms. The maximum atomic E-state index is 5.48. The molecule has 0 heterocycles. The molecule has 0 bridgehead atoms. The standard InChI is InChI=1S/C13H21N.ClH/c1-13(2,3)12-8-6-11(7-9-12)5-4-10-14;/h6-9H,4-5,10,14H2,1-3H3;1H. The molecule has 0 saturated carbocycles. The van der Waals surface area contributed by atoms with Gasteiger partial charge in [-0.2, -0.15) is 0 Å². The van der Waals surface area contributed by atoms with Gasteiger partial charge in [0.1, 0.15) is 0 Å². The van der Waals surface area contributed by atoms with Crippen LogP contribution in [0, 0.1) is 0 Å². The topological polar surface area (TPSA) is 26.0 Å². The second-order valence-electron chi connectivity index (χ2n) is 4.84. The summed E-state index contributed by atoms with van der Waals surface area (Å²) >= 11 is 0. The van der Waals surface area contributed by atoms with Crippen molar-refractivity contribution in [2.75, 3.05) is 6.54 Å². The SMILES string of the molecule is CC(C)(C)c1ccc(CCCN)cc1.Cl. The summed E-state index contributed by atoms with van der Waals surface area (Å²) in [7, 11) is 0. The summed E-state index contributed by atoms with van der Waals surface area (Å²) < 4.78 is 0. The summed E-state index contributed by atoms with van der Waals surface area (Å²) in [4.78, 5) is 0. The van der Waals surface area contributed by atoms with Gasteiger partial charge in [0.2, 0.25) is 0 Å². The molecule has 0 unspecified atom stereocenters. The van der Waals surface area contributed by atoms with Crippen molar-refractivity contribution < 1.29 is 0 Å². The fourth-order valence-electron chi connectivity index (χ4n) is 1.48. The Morgan fingerprint density at radius 3 is 2.00 bits per heavy atom. The Morgan fingerprint density at radius 1 is 1.07 bits per heavy atom. The van der Waals surface area contributed by atoms with E-state index in [1.54, 1.807) is 0 Å². The lowest BCUT2D eigenvalue weighted by Crippen LogP contribution is -2.10. The number of aryl methyl sites for hydroxylation is 1. The van der Waals surface area contributed by atoms with E-state index in [-0.39, 0.29) is 17.8 Å². The molecule has 86 valence electrons. The first-order chi connectivity index (χ1) is 6.54. The molecule has 0 spiro atoms. The monoisotopic (exact) mass is 227 g/mol. The molecule has 0 amide bonds. The number of benzene rings is 1. The number of hydrogen-bond donors (Lipinski definition) is 1. The van der Waals surface area contributed by atoms with E-state index >= 15 is 0 Å². The van der Waals surface area contributed by atoms with Crippen LogP contribution in [0.2, 0.25) is 0 Å². The lowest BCUT2D eigenvalue weighted by Gasteiger charge is -2.19. The average Bonchev–Trinajstić information content (AvgIpc) is 2.14. The van der Waals surface area contributed by atoms with Crippen molar-refractivity contribution in [2.45, 2.75) is 39.0 Å². The molecule has 0 saturated heterocycles. The molecule has 0 radical (unpaired) electrons. The largest absolute Gasteiger partial charge is 0.330 e. The molecule has 0 aliphatic rings. The first kappa shape index (κ1) is 14.5. The van der Waals surface area contributed by atoms with Crippen molar-refractivity contribution in [2.24, 2.45) is 5.73 Å². The van der Waals surface area contributed by atoms with Crippen molar-refractivity contribution in [3.05, 3.63) is 35.4 Å². The second-order valence-corrected chi connectivity index (χ2v) is 4.84. The Hall–Kier alpha value is -0.530. The van der Waals surface area contributed by atoms with Crippen LogP contribution in [0.3, 0.4) is 0 Å². The van der Waals surface area contributed by atoms with E-state index in [0.717, 1.165) is 19.4 Å². The first-order valence-corrected chi connectivity index (χ1v) is 5.33. The Morgan fingerprint density at radius 2 is 1.60 bits per heavy atom. The zero-order valence-corrected chi connectivity index (χ0v) is 10.7. The summed E-state index contributed by atoms with van der Waals surface area (Å²) in [5, 5.41) is 0. The van der Waals surface area contributed by atoms with Gasteiger partial charge >= 0.3 is 0 Å². The highest BCUT2D eigenvalue weighted by atomic mass is 35.5. The first-order valence-electron chi connectivity index (χ1n) is 5.33. The zero-order valence-electron chi connectivity index (χ0n) is 9.92. The average molecular weight is 228 g/mol. The van der Waals surface area contributed by atoms with Gasteiger partial charge in [-0.25, -0.2) is 0 Å². The highest BCUT2D eigenvalue weighted by Crippen LogP contribution is 2.22. The van der Waals surface area contributed by atoms with Crippen LogP contribution in [0.15, 0.2) is 24.3 Å². The van der Waals surface area contributed by atoms with Crippen LogP contribution in [-0.4, -0.2) is 6.54 Å². The molecular weight excluding hydrogens is 206 g/mol. The lowest BCUT2D eigenvalue weighted by molar-refractivity contribution is 0.590. The summed E-state index contributed by atoms with van der Waals surface area (Å²) in [6.45, 7) is 7.49. The minimum atomic E-state index is 0. The van der Waals surface area contributed by atoms with E-state index in [9.17, 15) is 0 Å². The van der Waals surface area contributed by atoms with Gasteiger partial charge in [0.15, 0.2) is 0 Å². The number of nitrogens with two attached hydrogens (primary N) is 1. The van der Waals surface area contributed by atoms with Gasteiger partial charge in [0, 0.05) is 0 Å². The summed E-state index contributed by atoms with van der Waals surface area (Å²) in [5.41, 5.74) is 8.52. The van der Waals surface area contributed by atoms with E-state index in [0.29, 0.717) is 0 Å². The van der Waals surface area contributed by atoms with Crippen molar-refractivity contribution in [3.8, 4) is 0 Å². The fraction of sp³-hybridized carbons (Fsp3) is 0.538. The van der Waals surface area contributed by atoms with Gasteiger partial charge in [-0.05, 0) is 35.9 Å². The predicted octanol–water partition coefficient (Wildman–Crippen LogP) is 3.30. The molecule has 0 fully saturated rings. The van der Waals surface area contributed by atoms with Gasteiger partial charge in [-0.1, -0.05) is 45.0 Å². The van der Waals surface area contributed by atoms with Gasteiger partial charge < -0.3 is 5.73 Å². The Bertz CT molecular complexity index is 272. The molecule has 0 atom stereocenters. The lowest BCUT2D eigenvalue weighted by atomic mass is 9.86. The van der Waals surface area contributed by atoms with Crippen molar-refractivity contribution in [1.82, 2.24) is 0 Å². The van der Waals surface area contributed by atoms with Gasteiger partial charge in [-0.3, -0.25) is 0 Å². The van der Waals surface area contributed by atoms with Crippen LogP contribution in [0.4, 0.5) is 0 Å². The van der Waals surface area contributed by atoms with Crippen LogP contribution in [0.1, 0.15) is 38.3 Å². The van der Waals surface area contributed by atoms with E-state index < -0.39 is 0 Å². The molecule has 2 heteroatoms. The third kappa shape index (κ3) is 4.67. The molecule has 1 nitrogen and oxygen atoms in total.